The van der Waals surface area contributed by atoms with Crippen molar-refractivity contribution in [3.8, 4) is 5.75 Å². The Morgan fingerprint density at radius 2 is 1.89 bits per heavy atom. The van der Waals surface area contributed by atoms with Crippen LogP contribution in [0.2, 0.25) is 5.02 Å². The summed E-state index contributed by atoms with van der Waals surface area (Å²) >= 11 is 6.24. The van der Waals surface area contributed by atoms with Gasteiger partial charge in [0, 0.05) is 0 Å². The van der Waals surface area contributed by atoms with Gasteiger partial charge in [-0.1, -0.05) is 38.4 Å². The Morgan fingerprint density at radius 3 is 2.42 bits per heavy atom. The Bertz CT molecular complexity index is 375. The molecule has 19 heavy (non-hydrogen) atoms. The first-order chi connectivity index (χ1) is 8.45. The number of hydrogen-bond donors (Lipinski definition) is 1. The molecule has 0 saturated heterocycles. The SMILES string of the molecule is CNCCCCOc1ccc(C(C)(C)C)cc1Cl.Cl. The van der Waals surface area contributed by atoms with Crippen molar-refractivity contribution >= 4 is 24.0 Å². The maximum atomic E-state index is 6.24. The fourth-order valence-electron chi connectivity index (χ4n) is 1.67. The highest BCUT2D eigenvalue weighted by Gasteiger charge is 2.15. The van der Waals surface area contributed by atoms with Crippen molar-refractivity contribution in [2.45, 2.75) is 39.0 Å². The van der Waals surface area contributed by atoms with Crippen LogP contribution in [-0.2, 0) is 5.41 Å². The molecular formula is C15H25Cl2NO. The van der Waals surface area contributed by atoms with Crippen molar-refractivity contribution in [1.82, 2.24) is 5.32 Å². The molecule has 1 aromatic carbocycles. The van der Waals surface area contributed by atoms with Crippen LogP contribution in [0, 0.1) is 0 Å². The van der Waals surface area contributed by atoms with Gasteiger partial charge in [-0.15, -0.1) is 12.4 Å². The zero-order chi connectivity index (χ0) is 13.6. The van der Waals surface area contributed by atoms with E-state index in [2.05, 4.69) is 32.2 Å². The summed E-state index contributed by atoms with van der Waals surface area (Å²) < 4.78 is 5.69. The van der Waals surface area contributed by atoms with Crippen LogP contribution in [0.25, 0.3) is 0 Å². The second-order valence-corrected chi connectivity index (χ2v) is 5.96. The summed E-state index contributed by atoms with van der Waals surface area (Å²) in [6.45, 7) is 8.28. The molecule has 0 amide bonds. The van der Waals surface area contributed by atoms with Crippen LogP contribution in [0.3, 0.4) is 0 Å². The molecule has 0 aliphatic carbocycles. The lowest BCUT2D eigenvalue weighted by molar-refractivity contribution is 0.306. The summed E-state index contributed by atoms with van der Waals surface area (Å²) in [6.07, 6.45) is 2.16. The predicted octanol–water partition coefficient (Wildman–Crippen LogP) is 4.44. The second kappa shape index (κ2) is 8.68. The molecule has 0 bridgehead atoms. The van der Waals surface area contributed by atoms with Gasteiger partial charge < -0.3 is 10.1 Å². The zero-order valence-corrected chi connectivity index (χ0v) is 13.8. The van der Waals surface area contributed by atoms with Crippen molar-refractivity contribution in [3.63, 3.8) is 0 Å². The highest BCUT2D eigenvalue weighted by atomic mass is 35.5. The zero-order valence-electron chi connectivity index (χ0n) is 12.3. The monoisotopic (exact) mass is 305 g/mol. The first-order valence-corrected chi connectivity index (χ1v) is 6.90. The molecular weight excluding hydrogens is 281 g/mol. The number of ether oxygens (including phenoxy) is 1. The molecule has 0 fully saturated rings. The van der Waals surface area contributed by atoms with Gasteiger partial charge in [0.05, 0.1) is 11.6 Å². The third-order valence-corrected chi connectivity index (χ3v) is 3.17. The van der Waals surface area contributed by atoms with Gasteiger partial charge in [0.1, 0.15) is 5.75 Å². The lowest BCUT2D eigenvalue weighted by atomic mass is 9.87. The Labute approximate surface area is 128 Å². The molecule has 0 heterocycles. The average Bonchev–Trinajstić information content (AvgIpc) is 2.29. The van der Waals surface area contributed by atoms with Gasteiger partial charge in [-0.2, -0.15) is 0 Å². The molecule has 2 nitrogen and oxygen atoms in total. The first kappa shape index (κ1) is 18.6. The highest BCUT2D eigenvalue weighted by molar-refractivity contribution is 6.32. The second-order valence-electron chi connectivity index (χ2n) is 5.55. The minimum absolute atomic E-state index is 0. The van der Waals surface area contributed by atoms with Gasteiger partial charge in [0.25, 0.3) is 0 Å². The smallest absolute Gasteiger partial charge is 0.137 e. The van der Waals surface area contributed by atoms with E-state index in [4.69, 9.17) is 16.3 Å². The number of nitrogens with one attached hydrogen (secondary N) is 1. The number of unbranched alkanes of at least 4 members (excludes halogenated alkanes) is 1. The van der Waals surface area contributed by atoms with Gasteiger partial charge in [0.2, 0.25) is 0 Å². The molecule has 1 N–H and O–H groups in total. The van der Waals surface area contributed by atoms with Crippen LogP contribution in [0.5, 0.6) is 5.75 Å². The van der Waals surface area contributed by atoms with Gasteiger partial charge >= 0.3 is 0 Å². The molecule has 0 unspecified atom stereocenters. The van der Waals surface area contributed by atoms with E-state index in [9.17, 15) is 0 Å². The van der Waals surface area contributed by atoms with E-state index in [1.165, 1.54) is 5.56 Å². The van der Waals surface area contributed by atoms with Crippen LogP contribution in [0.4, 0.5) is 0 Å². The van der Waals surface area contributed by atoms with E-state index in [1.54, 1.807) is 0 Å². The largest absolute Gasteiger partial charge is 0.492 e. The lowest BCUT2D eigenvalue weighted by Gasteiger charge is -2.20. The summed E-state index contributed by atoms with van der Waals surface area (Å²) in [4.78, 5) is 0. The summed E-state index contributed by atoms with van der Waals surface area (Å²) in [6, 6.07) is 6.07. The van der Waals surface area contributed by atoms with Crippen molar-refractivity contribution in [2.75, 3.05) is 20.2 Å². The Morgan fingerprint density at radius 1 is 1.21 bits per heavy atom. The first-order valence-electron chi connectivity index (χ1n) is 6.52. The van der Waals surface area contributed by atoms with Gasteiger partial charge in [0.15, 0.2) is 0 Å². The third-order valence-electron chi connectivity index (χ3n) is 2.88. The normalized spacial score (nSPS) is 11.0. The summed E-state index contributed by atoms with van der Waals surface area (Å²) in [5.74, 6) is 0.786. The Kier molecular flexibility index (Phi) is 8.47. The van der Waals surface area contributed by atoms with Crippen LogP contribution < -0.4 is 10.1 Å². The van der Waals surface area contributed by atoms with Crippen molar-refractivity contribution in [1.29, 1.82) is 0 Å². The topological polar surface area (TPSA) is 21.3 Å². The molecule has 0 saturated carbocycles. The van der Waals surface area contributed by atoms with Crippen LogP contribution >= 0.6 is 24.0 Å². The molecule has 0 atom stereocenters. The molecule has 0 aliphatic rings. The van der Waals surface area contributed by atoms with E-state index in [-0.39, 0.29) is 17.8 Å². The minimum atomic E-state index is 0. The number of hydrogen-bond acceptors (Lipinski definition) is 2. The number of halogens is 2. The van der Waals surface area contributed by atoms with Crippen molar-refractivity contribution < 1.29 is 4.74 Å². The summed E-state index contributed by atoms with van der Waals surface area (Å²) in [5.41, 5.74) is 1.35. The third kappa shape index (κ3) is 6.51. The molecule has 4 heteroatoms. The molecule has 110 valence electrons. The predicted molar refractivity (Wildman–Crippen MR) is 86.1 cm³/mol. The molecule has 1 aromatic rings. The van der Waals surface area contributed by atoms with Crippen molar-refractivity contribution in [3.05, 3.63) is 28.8 Å². The van der Waals surface area contributed by atoms with Crippen molar-refractivity contribution in [2.24, 2.45) is 0 Å². The molecule has 0 aliphatic heterocycles. The molecule has 0 aromatic heterocycles. The van der Waals surface area contributed by atoms with E-state index >= 15 is 0 Å². The minimum Gasteiger partial charge on any atom is -0.492 e. The molecule has 0 radical (unpaired) electrons. The number of rotatable bonds is 6. The van der Waals surface area contributed by atoms with E-state index in [1.807, 2.05) is 19.2 Å². The summed E-state index contributed by atoms with van der Waals surface area (Å²) in [5, 5.41) is 3.82. The Balaban J connectivity index is 0.00000324. The fourth-order valence-corrected chi connectivity index (χ4v) is 1.91. The number of benzene rings is 1. The summed E-state index contributed by atoms with van der Waals surface area (Å²) in [7, 11) is 1.96. The lowest BCUT2D eigenvalue weighted by Crippen LogP contribution is -2.11. The van der Waals surface area contributed by atoms with E-state index < -0.39 is 0 Å². The van der Waals surface area contributed by atoms with Gasteiger partial charge in [-0.3, -0.25) is 0 Å². The maximum Gasteiger partial charge on any atom is 0.137 e. The van der Waals surface area contributed by atoms with Crippen LogP contribution in [0.1, 0.15) is 39.2 Å². The molecule has 1 rings (SSSR count). The van der Waals surface area contributed by atoms with Gasteiger partial charge in [-0.25, -0.2) is 0 Å². The Hall–Kier alpha value is -0.440. The van der Waals surface area contributed by atoms with Gasteiger partial charge in [-0.05, 0) is 49.5 Å². The fraction of sp³-hybridized carbons (Fsp3) is 0.600. The maximum absolute atomic E-state index is 6.24. The standard InChI is InChI=1S/C15H24ClNO.ClH/c1-15(2,3)12-7-8-14(13(16)11-12)18-10-6-5-9-17-4;/h7-8,11,17H,5-6,9-10H2,1-4H3;1H. The average molecular weight is 306 g/mol. The van der Waals surface area contributed by atoms with E-state index in [0.29, 0.717) is 5.02 Å². The quantitative estimate of drug-likeness (QED) is 0.785. The van der Waals surface area contributed by atoms with Crippen LogP contribution in [-0.4, -0.2) is 20.2 Å². The highest BCUT2D eigenvalue weighted by Crippen LogP contribution is 2.31. The van der Waals surface area contributed by atoms with E-state index in [0.717, 1.165) is 31.7 Å². The van der Waals surface area contributed by atoms with Crippen LogP contribution in [0.15, 0.2) is 18.2 Å². The molecule has 0 spiro atoms.